The topological polar surface area (TPSA) is 45.7 Å². The zero-order valence-corrected chi connectivity index (χ0v) is 14.1. The Bertz CT molecular complexity index is 653. The van der Waals surface area contributed by atoms with Gasteiger partial charge in [-0.1, -0.05) is 42.5 Å². The lowest BCUT2D eigenvalue weighted by Crippen LogP contribution is -2.36. The highest BCUT2D eigenvalue weighted by Crippen LogP contribution is 2.17. The molecule has 0 bridgehead atoms. The Morgan fingerprint density at radius 1 is 1.00 bits per heavy atom. The summed E-state index contributed by atoms with van der Waals surface area (Å²) in [4.78, 5) is 4.65. The summed E-state index contributed by atoms with van der Waals surface area (Å²) < 4.78 is 5.37. The van der Waals surface area contributed by atoms with Crippen molar-refractivity contribution in [1.29, 1.82) is 0 Å². The summed E-state index contributed by atoms with van der Waals surface area (Å²) in [5.41, 5.74) is 3.62. The quantitative estimate of drug-likeness (QED) is 0.636. The second kappa shape index (κ2) is 8.83. The van der Waals surface area contributed by atoms with E-state index in [0.717, 1.165) is 30.4 Å². The summed E-state index contributed by atoms with van der Waals surface area (Å²) >= 11 is 0. The molecular weight excluding hydrogens is 286 g/mol. The van der Waals surface area contributed by atoms with Crippen molar-refractivity contribution in [3.63, 3.8) is 0 Å². The third-order valence-corrected chi connectivity index (χ3v) is 3.65. The van der Waals surface area contributed by atoms with Crippen LogP contribution < -0.4 is 15.4 Å². The lowest BCUT2D eigenvalue weighted by molar-refractivity contribution is 0.410. The van der Waals surface area contributed by atoms with E-state index in [0.29, 0.717) is 6.54 Å². The van der Waals surface area contributed by atoms with Gasteiger partial charge < -0.3 is 15.4 Å². The van der Waals surface area contributed by atoms with Gasteiger partial charge in [-0.2, -0.15) is 0 Å². The standard InChI is InChI=1S/C19H25N3O/c1-4-20-19(21-13-16-10-6-5-9-15(16)2)22-14-17-11-7-8-12-18(17)23-3/h5-12H,4,13-14H2,1-3H3,(H2,20,21,22). The molecule has 0 radical (unpaired) electrons. The predicted molar refractivity (Wildman–Crippen MR) is 95.8 cm³/mol. The van der Waals surface area contributed by atoms with Crippen LogP contribution in [0.4, 0.5) is 0 Å². The molecule has 0 atom stereocenters. The van der Waals surface area contributed by atoms with Crippen molar-refractivity contribution in [3.8, 4) is 5.75 Å². The average Bonchev–Trinajstić information content (AvgIpc) is 2.59. The number of rotatable bonds is 6. The van der Waals surface area contributed by atoms with Crippen LogP contribution in [0.2, 0.25) is 0 Å². The number of aliphatic imine (C=N–C) groups is 1. The van der Waals surface area contributed by atoms with Crippen LogP contribution in [-0.2, 0) is 13.1 Å². The molecule has 0 unspecified atom stereocenters. The third-order valence-electron chi connectivity index (χ3n) is 3.65. The normalized spacial score (nSPS) is 11.2. The number of benzene rings is 2. The van der Waals surface area contributed by atoms with E-state index < -0.39 is 0 Å². The first-order chi connectivity index (χ1) is 11.2. The Morgan fingerprint density at radius 2 is 1.70 bits per heavy atom. The highest BCUT2D eigenvalue weighted by Gasteiger charge is 2.03. The van der Waals surface area contributed by atoms with Crippen molar-refractivity contribution >= 4 is 5.96 Å². The van der Waals surface area contributed by atoms with Gasteiger partial charge in [0.25, 0.3) is 0 Å². The van der Waals surface area contributed by atoms with E-state index in [9.17, 15) is 0 Å². The van der Waals surface area contributed by atoms with Crippen LogP contribution in [0.1, 0.15) is 23.6 Å². The Balaban J connectivity index is 2.04. The second-order valence-electron chi connectivity index (χ2n) is 5.29. The molecule has 0 aliphatic rings. The van der Waals surface area contributed by atoms with Gasteiger partial charge in [0, 0.05) is 18.7 Å². The highest BCUT2D eigenvalue weighted by atomic mass is 16.5. The van der Waals surface area contributed by atoms with E-state index in [2.05, 4.69) is 53.7 Å². The largest absolute Gasteiger partial charge is 0.496 e. The summed E-state index contributed by atoms with van der Waals surface area (Å²) in [5, 5.41) is 6.66. The van der Waals surface area contributed by atoms with E-state index in [1.807, 2.05) is 24.3 Å². The number of aryl methyl sites for hydroxylation is 1. The van der Waals surface area contributed by atoms with Crippen molar-refractivity contribution in [1.82, 2.24) is 10.6 Å². The Hall–Kier alpha value is -2.49. The summed E-state index contributed by atoms with van der Waals surface area (Å²) in [5.74, 6) is 1.67. The number of ether oxygens (including phenoxy) is 1. The maximum Gasteiger partial charge on any atom is 0.191 e. The van der Waals surface area contributed by atoms with Gasteiger partial charge in [-0.3, -0.25) is 0 Å². The summed E-state index contributed by atoms with van der Waals surface area (Å²) in [6.07, 6.45) is 0. The minimum Gasteiger partial charge on any atom is -0.496 e. The van der Waals surface area contributed by atoms with Gasteiger partial charge in [-0.25, -0.2) is 4.99 Å². The fourth-order valence-corrected chi connectivity index (χ4v) is 2.33. The molecule has 0 saturated carbocycles. The van der Waals surface area contributed by atoms with Gasteiger partial charge >= 0.3 is 0 Å². The van der Waals surface area contributed by atoms with Crippen molar-refractivity contribution in [2.75, 3.05) is 13.7 Å². The summed E-state index contributed by atoms with van der Waals surface area (Å²) in [6, 6.07) is 16.3. The van der Waals surface area contributed by atoms with Crippen molar-refractivity contribution in [2.45, 2.75) is 26.9 Å². The third kappa shape index (κ3) is 5.02. The number of hydrogen-bond donors (Lipinski definition) is 2. The van der Waals surface area contributed by atoms with Crippen molar-refractivity contribution < 1.29 is 4.74 Å². The fourth-order valence-electron chi connectivity index (χ4n) is 2.33. The Labute approximate surface area is 138 Å². The fraction of sp³-hybridized carbons (Fsp3) is 0.316. The average molecular weight is 311 g/mol. The molecule has 2 rings (SSSR count). The van der Waals surface area contributed by atoms with Crippen LogP contribution in [0.5, 0.6) is 5.75 Å². The molecule has 0 spiro atoms. The van der Waals surface area contributed by atoms with Gasteiger partial charge in [-0.15, -0.1) is 0 Å². The van der Waals surface area contributed by atoms with Crippen LogP contribution in [0.15, 0.2) is 53.5 Å². The number of nitrogens with zero attached hydrogens (tertiary/aromatic N) is 1. The molecule has 0 aliphatic heterocycles. The number of methoxy groups -OCH3 is 1. The Kier molecular flexibility index (Phi) is 6.48. The zero-order valence-electron chi connectivity index (χ0n) is 14.1. The molecule has 0 amide bonds. The molecule has 4 nitrogen and oxygen atoms in total. The first kappa shape index (κ1) is 16.9. The Morgan fingerprint density at radius 3 is 2.39 bits per heavy atom. The van der Waals surface area contributed by atoms with Crippen LogP contribution in [0, 0.1) is 6.92 Å². The van der Waals surface area contributed by atoms with Gasteiger partial charge in [0.15, 0.2) is 5.96 Å². The zero-order chi connectivity index (χ0) is 16.5. The molecule has 122 valence electrons. The number of guanidine groups is 1. The van der Waals surface area contributed by atoms with E-state index in [1.54, 1.807) is 7.11 Å². The monoisotopic (exact) mass is 311 g/mol. The molecular formula is C19H25N3O. The SMILES string of the molecule is CCNC(=NCc1ccccc1OC)NCc1ccccc1C. The number of nitrogens with one attached hydrogen (secondary N) is 2. The predicted octanol–water partition coefficient (Wildman–Crippen LogP) is 3.26. The molecule has 4 heteroatoms. The van der Waals surface area contributed by atoms with Crippen molar-refractivity contribution in [3.05, 3.63) is 65.2 Å². The van der Waals surface area contributed by atoms with E-state index in [1.165, 1.54) is 11.1 Å². The van der Waals surface area contributed by atoms with Crippen LogP contribution in [-0.4, -0.2) is 19.6 Å². The van der Waals surface area contributed by atoms with E-state index in [4.69, 9.17) is 4.74 Å². The minimum atomic E-state index is 0.577. The minimum absolute atomic E-state index is 0.577. The van der Waals surface area contributed by atoms with Gasteiger partial charge in [-0.05, 0) is 31.0 Å². The lowest BCUT2D eigenvalue weighted by Gasteiger charge is -2.13. The first-order valence-corrected chi connectivity index (χ1v) is 7.93. The molecule has 2 aromatic carbocycles. The van der Waals surface area contributed by atoms with E-state index in [-0.39, 0.29) is 0 Å². The van der Waals surface area contributed by atoms with Crippen LogP contribution >= 0.6 is 0 Å². The molecule has 2 aromatic rings. The molecule has 0 saturated heterocycles. The summed E-state index contributed by atoms with van der Waals surface area (Å²) in [7, 11) is 1.68. The molecule has 23 heavy (non-hydrogen) atoms. The van der Waals surface area contributed by atoms with Crippen LogP contribution in [0.3, 0.4) is 0 Å². The molecule has 0 aliphatic carbocycles. The van der Waals surface area contributed by atoms with Gasteiger partial charge in [0.05, 0.1) is 13.7 Å². The maximum absolute atomic E-state index is 5.37. The second-order valence-corrected chi connectivity index (χ2v) is 5.29. The number of para-hydroxylation sites is 1. The molecule has 2 N–H and O–H groups in total. The first-order valence-electron chi connectivity index (χ1n) is 7.93. The highest BCUT2D eigenvalue weighted by molar-refractivity contribution is 5.79. The van der Waals surface area contributed by atoms with Gasteiger partial charge in [0.2, 0.25) is 0 Å². The number of hydrogen-bond acceptors (Lipinski definition) is 2. The smallest absolute Gasteiger partial charge is 0.191 e. The van der Waals surface area contributed by atoms with Crippen LogP contribution in [0.25, 0.3) is 0 Å². The maximum atomic E-state index is 5.37. The molecule has 0 fully saturated rings. The van der Waals surface area contributed by atoms with Crippen molar-refractivity contribution in [2.24, 2.45) is 4.99 Å². The van der Waals surface area contributed by atoms with Gasteiger partial charge in [0.1, 0.15) is 5.75 Å². The lowest BCUT2D eigenvalue weighted by atomic mass is 10.1. The summed E-state index contributed by atoms with van der Waals surface area (Å²) in [6.45, 7) is 6.34. The van der Waals surface area contributed by atoms with E-state index >= 15 is 0 Å². The molecule has 0 heterocycles. The molecule has 0 aromatic heterocycles.